The summed E-state index contributed by atoms with van der Waals surface area (Å²) in [6.45, 7) is 6.33. The second-order valence-electron chi connectivity index (χ2n) is 11.7. The number of carbonyl (C=O) groups is 2. The lowest BCUT2D eigenvalue weighted by molar-refractivity contribution is -0.113. The van der Waals surface area contributed by atoms with Crippen LogP contribution in [0, 0.1) is 17.2 Å². The average Bonchev–Trinajstić information content (AvgIpc) is 3.81. The van der Waals surface area contributed by atoms with Gasteiger partial charge in [0, 0.05) is 36.5 Å². The molecule has 11 heteroatoms. The molecule has 1 aliphatic carbocycles. The summed E-state index contributed by atoms with van der Waals surface area (Å²) in [6.07, 6.45) is 3.57. The van der Waals surface area contributed by atoms with Crippen molar-refractivity contribution in [2.24, 2.45) is 5.92 Å². The van der Waals surface area contributed by atoms with Crippen molar-refractivity contribution in [1.82, 2.24) is 19.8 Å². The van der Waals surface area contributed by atoms with Crippen LogP contribution in [0.4, 0.5) is 14.6 Å². The smallest absolute Gasteiger partial charge is 0.282 e. The van der Waals surface area contributed by atoms with E-state index >= 15 is 0 Å². The minimum absolute atomic E-state index is 0.0150. The molecule has 2 N–H and O–H groups in total. The Morgan fingerprint density at radius 1 is 1.14 bits per heavy atom. The van der Waals surface area contributed by atoms with Gasteiger partial charge in [0.1, 0.15) is 11.4 Å². The molecule has 43 heavy (non-hydrogen) atoms. The highest BCUT2D eigenvalue weighted by molar-refractivity contribution is 6.05. The van der Waals surface area contributed by atoms with E-state index in [2.05, 4.69) is 29.5 Å². The number of hydrogen-bond acceptors (Lipinski definition) is 6. The summed E-state index contributed by atoms with van der Waals surface area (Å²) in [5.41, 5.74) is 2.40. The van der Waals surface area contributed by atoms with Gasteiger partial charge in [-0.1, -0.05) is 19.9 Å². The Balaban J connectivity index is 1.49. The van der Waals surface area contributed by atoms with Crippen LogP contribution in [-0.4, -0.2) is 51.8 Å². The lowest BCUT2D eigenvalue weighted by atomic mass is 9.95. The lowest BCUT2D eigenvalue weighted by Gasteiger charge is -2.39. The van der Waals surface area contributed by atoms with E-state index < -0.39 is 36.4 Å². The van der Waals surface area contributed by atoms with Gasteiger partial charge in [-0.2, -0.15) is 5.26 Å². The highest BCUT2D eigenvalue weighted by Gasteiger charge is 2.46. The van der Waals surface area contributed by atoms with Crippen molar-refractivity contribution in [3.05, 3.63) is 80.9 Å². The first kappa shape index (κ1) is 30.0. The predicted molar refractivity (Wildman–Crippen MR) is 158 cm³/mol. The van der Waals surface area contributed by atoms with E-state index in [-0.39, 0.29) is 28.4 Å². The molecule has 0 radical (unpaired) electrons. The van der Waals surface area contributed by atoms with Crippen LogP contribution in [0.2, 0.25) is 0 Å². The van der Waals surface area contributed by atoms with E-state index in [1.807, 2.05) is 19.1 Å². The zero-order valence-electron chi connectivity index (χ0n) is 24.4. The standard InChI is InChI=1S/C32H34F2N6O3/c1-4-39-16-21(15-36-14-19(2)3)10-26(31(39)43)29(41)38-28-12-23(11-27(37-28)22-6-7-22)24-8-5-20(13-35)9-25(24)30(42)40-17-32(33,34)18-40/h5,8-12,16,19,22,36H,4,6-7,14-15,17-18H2,1-3H3,(H,37,38,41). The highest BCUT2D eigenvalue weighted by Crippen LogP contribution is 2.41. The maximum absolute atomic E-state index is 13.6. The number of alkyl halides is 2. The quantitative estimate of drug-likeness (QED) is 0.352. The number of aryl methyl sites for hydroxylation is 1. The van der Waals surface area contributed by atoms with Gasteiger partial charge < -0.3 is 20.1 Å². The molecule has 1 saturated heterocycles. The lowest BCUT2D eigenvalue weighted by Crippen LogP contribution is -2.58. The molecule has 5 rings (SSSR count). The molecule has 2 amide bonds. The highest BCUT2D eigenvalue weighted by atomic mass is 19.3. The van der Waals surface area contributed by atoms with Crippen molar-refractivity contribution < 1.29 is 18.4 Å². The van der Waals surface area contributed by atoms with E-state index in [0.717, 1.165) is 29.8 Å². The van der Waals surface area contributed by atoms with Crippen LogP contribution in [0.25, 0.3) is 11.1 Å². The van der Waals surface area contributed by atoms with Crippen LogP contribution in [0.1, 0.15) is 77.1 Å². The van der Waals surface area contributed by atoms with Crippen molar-refractivity contribution >= 4 is 17.6 Å². The molecule has 2 aliphatic rings. The van der Waals surface area contributed by atoms with Crippen molar-refractivity contribution in [3.63, 3.8) is 0 Å². The van der Waals surface area contributed by atoms with Crippen molar-refractivity contribution in [2.45, 2.75) is 58.5 Å². The first-order valence-electron chi connectivity index (χ1n) is 14.5. The van der Waals surface area contributed by atoms with E-state index in [0.29, 0.717) is 35.8 Å². The molecule has 0 spiro atoms. The third-order valence-electron chi connectivity index (χ3n) is 7.51. The van der Waals surface area contributed by atoms with E-state index in [1.165, 1.54) is 10.6 Å². The number of nitrogens with one attached hydrogen (secondary N) is 2. The number of hydrogen-bond donors (Lipinski definition) is 2. The fourth-order valence-corrected chi connectivity index (χ4v) is 5.11. The average molecular weight is 589 g/mol. The van der Waals surface area contributed by atoms with Crippen LogP contribution in [0.3, 0.4) is 0 Å². The number of nitrogens with zero attached hydrogens (tertiary/aromatic N) is 4. The molecule has 1 aromatic carbocycles. The molecule has 0 atom stereocenters. The van der Waals surface area contributed by atoms with E-state index in [1.54, 1.807) is 30.5 Å². The molecule has 224 valence electrons. The number of benzene rings is 1. The topological polar surface area (TPSA) is 120 Å². The Hall–Kier alpha value is -4.43. The summed E-state index contributed by atoms with van der Waals surface area (Å²) in [5.74, 6) is -3.32. The van der Waals surface area contributed by atoms with Gasteiger partial charge >= 0.3 is 0 Å². The molecule has 0 bridgehead atoms. The molecule has 2 aromatic heterocycles. The number of carbonyl (C=O) groups excluding carboxylic acids is 2. The summed E-state index contributed by atoms with van der Waals surface area (Å²) in [4.78, 5) is 45.5. The number of likely N-dealkylation sites (tertiary alicyclic amines) is 1. The number of nitriles is 1. The normalized spacial score (nSPS) is 15.6. The number of halogens is 2. The number of amides is 2. The molecule has 3 heterocycles. The maximum atomic E-state index is 13.6. The van der Waals surface area contributed by atoms with Gasteiger partial charge in [-0.25, -0.2) is 13.8 Å². The Morgan fingerprint density at radius 3 is 2.51 bits per heavy atom. The summed E-state index contributed by atoms with van der Waals surface area (Å²) in [7, 11) is 0. The zero-order valence-corrected chi connectivity index (χ0v) is 24.4. The molecule has 3 aromatic rings. The number of aromatic nitrogens is 2. The van der Waals surface area contributed by atoms with Gasteiger partial charge in [-0.3, -0.25) is 14.4 Å². The van der Waals surface area contributed by atoms with Crippen LogP contribution < -0.4 is 16.2 Å². The first-order valence-corrected chi connectivity index (χ1v) is 14.5. The zero-order chi connectivity index (χ0) is 30.9. The molecule has 9 nitrogen and oxygen atoms in total. The molecule has 0 unspecified atom stereocenters. The number of rotatable bonds is 10. The first-order chi connectivity index (χ1) is 20.5. The second kappa shape index (κ2) is 12.1. The SMILES string of the molecule is CCn1cc(CNCC(C)C)cc(C(=O)Nc2cc(-c3ccc(C#N)cc3C(=O)N3CC(F)(F)C3)cc(C3CC3)n2)c1=O. The Labute approximate surface area is 248 Å². The third-order valence-corrected chi connectivity index (χ3v) is 7.51. The van der Waals surface area contributed by atoms with E-state index in [9.17, 15) is 28.4 Å². The molecule has 1 aliphatic heterocycles. The predicted octanol–water partition coefficient (Wildman–Crippen LogP) is 4.77. The van der Waals surface area contributed by atoms with Crippen LogP contribution in [-0.2, 0) is 13.1 Å². The fourth-order valence-electron chi connectivity index (χ4n) is 5.11. The molecule has 1 saturated carbocycles. The fraction of sp³-hybridized carbons (Fsp3) is 0.406. The van der Waals surface area contributed by atoms with Gasteiger partial charge in [0.25, 0.3) is 23.3 Å². The van der Waals surface area contributed by atoms with Crippen molar-refractivity contribution in [1.29, 1.82) is 5.26 Å². The molecule has 2 fully saturated rings. The van der Waals surface area contributed by atoms with E-state index in [4.69, 9.17) is 0 Å². The van der Waals surface area contributed by atoms with Gasteiger partial charge in [0.05, 0.1) is 24.7 Å². The summed E-state index contributed by atoms with van der Waals surface area (Å²) in [5, 5.41) is 15.6. The number of anilines is 1. The molecular formula is C32H34F2N6O3. The van der Waals surface area contributed by atoms with Crippen molar-refractivity contribution in [3.8, 4) is 17.2 Å². The Bertz CT molecular complexity index is 1660. The van der Waals surface area contributed by atoms with Crippen LogP contribution in [0.15, 0.2) is 47.4 Å². The van der Waals surface area contributed by atoms with Crippen LogP contribution >= 0.6 is 0 Å². The summed E-state index contributed by atoms with van der Waals surface area (Å²) >= 11 is 0. The minimum Gasteiger partial charge on any atom is -0.326 e. The van der Waals surface area contributed by atoms with Gasteiger partial charge in [-0.05, 0) is 79.3 Å². The van der Waals surface area contributed by atoms with Crippen LogP contribution in [0.5, 0.6) is 0 Å². The minimum atomic E-state index is -2.94. The maximum Gasteiger partial charge on any atom is 0.282 e. The summed E-state index contributed by atoms with van der Waals surface area (Å²) in [6, 6.07) is 11.6. The largest absolute Gasteiger partial charge is 0.326 e. The Kier molecular flexibility index (Phi) is 8.42. The second-order valence-corrected chi connectivity index (χ2v) is 11.7. The van der Waals surface area contributed by atoms with Crippen molar-refractivity contribution in [2.75, 3.05) is 25.0 Å². The summed E-state index contributed by atoms with van der Waals surface area (Å²) < 4.78 is 28.6. The Morgan fingerprint density at radius 2 is 1.88 bits per heavy atom. The van der Waals surface area contributed by atoms with Gasteiger partial charge in [0.2, 0.25) is 0 Å². The third kappa shape index (κ3) is 6.81. The number of pyridine rings is 2. The monoisotopic (exact) mass is 588 g/mol. The molecular weight excluding hydrogens is 554 g/mol. The van der Waals surface area contributed by atoms with Gasteiger partial charge in [0.15, 0.2) is 0 Å². The van der Waals surface area contributed by atoms with Gasteiger partial charge in [-0.15, -0.1) is 0 Å².